The molecule has 7 nitrogen and oxygen atoms in total. The lowest BCUT2D eigenvalue weighted by atomic mass is 9.69. The Labute approximate surface area is 164 Å². The normalized spacial score (nSPS) is 21.2. The Morgan fingerprint density at radius 2 is 1.96 bits per heavy atom. The highest BCUT2D eigenvalue weighted by atomic mass is 16.5. The van der Waals surface area contributed by atoms with Crippen LogP contribution in [-0.2, 0) is 9.59 Å². The number of hydrogen-bond acceptors (Lipinski definition) is 6. The third-order valence-corrected chi connectivity index (χ3v) is 5.10. The van der Waals surface area contributed by atoms with Crippen LogP contribution < -0.4 is 15.9 Å². The number of nitrogens with two attached hydrogens (primary N) is 1. The number of ether oxygens (including phenoxy) is 1. The molecule has 0 aromatic heterocycles. The van der Waals surface area contributed by atoms with Crippen molar-refractivity contribution < 1.29 is 14.3 Å². The molecule has 0 fully saturated rings. The van der Waals surface area contributed by atoms with Crippen LogP contribution >= 0.6 is 0 Å². The predicted molar refractivity (Wildman–Crippen MR) is 103 cm³/mol. The first-order chi connectivity index (χ1) is 13.2. The van der Waals surface area contributed by atoms with Crippen LogP contribution in [0, 0.1) is 16.7 Å². The van der Waals surface area contributed by atoms with Crippen molar-refractivity contribution in [3.63, 3.8) is 0 Å². The number of methoxy groups -OCH3 is 1. The molecular formula is C21H24N4O3. The summed E-state index contributed by atoms with van der Waals surface area (Å²) in [5, 5.41) is 11.3. The molecule has 3 N–H and O–H groups in total. The number of ketones is 1. The highest BCUT2D eigenvalue weighted by Crippen LogP contribution is 2.48. The van der Waals surface area contributed by atoms with Gasteiger partial charge in [0.2, 0.25) is 5.91 Å². The van der Waals surface area contributed by atoms with Gasteiger partial charge in [-0.05, 0) is 29.5 Å². The van der Waals surface area contributed by atoms with Crippen LogP contribution in [0.25, 0.3) is 0 Å². The Balaban J connectivity index is 2.23. The first-order valence-electron chi connectivity index (χ1n) is 9.06. The third kappa shape index (κ3) is 3.33. The Morgan fingerprint density at radius 1 is 1.32 bits per heavy atom. The van der Waals surface area contributed by atoms with Gasteiger partial charge in [-0.3, -0.25) is 15.0 Å². The molecule has 0 saturated carbocycles. The van der Waals surface area contributed by atoms with Crippen LogP contribution in [0.1, 0.15) is 45.1 Å². The Bertz CT molecular complexity index is 935. The van der Waals surface area contributed by atoms with Gasteiger partial charge in [0.25, 0.3) is 0 Å². The van der Waals surface area contributed by atoms with Gasteiger partial charge in [0.05, 0.1) is 30.4 Å². The van der Waals surface area contributed by atoms with Crippen LogP contribution in [0.4, 0.5) is 0 Å². The summed E-state index contributed by atoms with van der Waals surface area (Å²) >= 11 is 0. The standard InChI is InChI=1S/C21H24N4O3/c1-12(26)24-25-16-9-21(2,3)10-17(27)19(16)18(15(11-22)20(25)23)13-5-7-14(28-4)8-6-13/h5-8,18H,9-10,23H2,1-4H3,(H,24,26). The second-order valence-electron chi connectivity index (χ2n) is 7.92. The number of nitrogens with zero attached hydrogens (tertiary/aromatic N) is 2. The molecule has 28 heavy (non-hydrogen) atoms. The van der Waals surface area contributed by atoms with Crippen molar-refractivity contribution in [1.82, 2.24) is 10.4 Å². The van der Waals surface area contributed by atoms with Crippen LogP contribution in [0.2, 0.25) is 0 Å². The van der Waals surface area contributed by atoms with Crippen molar-refractivity contribution in [2.75, 3.05) is 7.11 Å². The Hall–Kier alpha value is -3.27. The van der Waals surface area contributed by atoms with Gasteiger partial charge in [0.15, 0.2) is 5.78 Å². The summed E-state index contributed by atoms with van der Waals surface area (Å²) in [6, 6.07) is 9.40. The summed E-state index contributed by atoms with van der Waals surface area (Å²) in [6.07, 6.45) is 0.922. The molecule has 1 aliphatic heterocycles. The van der Waals surface area contributed by atoms with Crippen LogP contribution in [0.15, 0.2) is 46.9 Å². The lowest BCUT2D eigenvalue weighted by Crippen LogP contribution is -2.49. The first kappa shape index (κ1) is 19.5. The summed E-state index contributed by atoms with van der Waals surface area (Å²) in [7, 11) is 1.58. The number of rotatable bonds is 3. The van der Waals surface area contributed by atoms with E-state index in [1.165, 1.54) is 11.9 Å². The maximum Gasteiger partial charge on any atom is 0.235 e. The number of Topliss-reactive ketones (excluding diaryl/α,β-unsaturated/α-hetero) is 1. The number of hydrogen-bond donors (Lipinski definition) is 2. The van der Waals surface area contributed by atoms with Gasteiger partial charge >= 0.3 is 0 Å². The second-order valence-corrected chi connectivity index (χ2v) is 7.92. The van der Waals surface area contributed by atoms with E-state index in [-0.39, 0.29) is 28.5 Å². The van der Waals surface area contributed by atoms with E-state index in [9.17, 15) is 14.9 Å². The predicted octanol–water partition coefficient (Wildman–Crippen LogP) is 2.48. The van der Waals surface area contributed by atoms with Gasteiger partial charge in [-0.1, -0.05) is 26.0 Å². The van der Waals surface area contributed by atoms with Crippen molar-refractivity contribution in [3.05, 3.63) is 52.5 Å². The molecule has 0 bridgehead atoms. The summed E-state index contributed by atoms with van der Waals surface area (Å²) in [5.74, 6) is -0.115. The molecule has 1 aromatic carbocycles. The van der Waals surface area contributed by atoms with Crippen LogP contribution in [0.5, 0.6) is 5.75 Å². The summed E-state index contributed by atoms with van der Waals surface area (Å²) in [5.41, 5.74) is 10.9. The maximum absolute atomic E-state index is 13.2. The van der Waals surface area contributed by atoms with E-state index in [4.69, 9.17) is 10.5 Å². The molecule has 3 rings (SSSR count). The lowest BCUT2D eigenvalue weighted by Gasteiger charge is -2.43. The van der Waals surface area contributed by atoms with Gasteiger partial charge in [0.1, 0.15) is 11.6 Å². The zero-order valence-electron chi connectivity index (χ0n) is 16.5. The van der Waals surface area contributed by atoms with Crippen molar-refractivity contribution in [2.45, 2.75) is 39.5 Å². The fourth-order valence-electron chi connectivity index (χ4n) is 3.92. The topological polar surface area (TPSA) is 108 Å². The minimum absolute atomic E-state index is 0.0392. The van der Waals surface area contributed by atoms with E-state index < -0.39 is 5.92 Å². The fourth-order valence-corrected chi connectivity index (χ4v) is 3.92. The number of nitriles is 1. The zero-order valence-corrected chi connectivity index (χ0v) is 16.5. The molecular weight excluding hydrogens is 356 g/mol. The van der Waals surface area contributed by atoms with Gasteiger partial charge < -0.3 is 10.5 Å². The number of benzene rings is 1. The van der Waals surface area contributed by atoms with Crippen molar-refractivity contribution >= 4 is 11.7 Å². The first-order valence-corrected chi connectivity index (χ1v) is 9.06. The molecule has 2 aliphatic rings. The van der Waals surface area contributed by atoms with E-state index in [1.54, 1.807) is 19.2 Å². The van der Waals surface area contributed by atoms with Crippen LogP contribution in [0.3, 0.4) is 0 Å². The summed E-state index contributed by atoms with van der Waals surface area (Å²) in [4.78, 5) is 24.9. The molecule has 0 saturated heterocycles. The molecule has 0 radical (unpaired) electrons. The zero-order chi connectivity index (χ0) is 20.6. The summed E-state index contributed by atoms with van der Waals surface area (Å²) < 4.78 is 5.21. The highest BCUT2D eigenvalue weighted by Gasteiger charge is 2.44. The largest absolute Gasteiger partial charge is 0.497 e. The van der Waals surface area contributed by atoms with E-state index >= 15 is 0 Å². The molecule has 1 amide bonds. The van der Waals surface area contributed by atoms with Crippen molar-refractivity contribution in [3.8, 4) is 11.8 Å². The minimum atomic E-state index is -0.570. The van der Waals surface area contributed by atoms with Crippen LogP contribution in [-0.4, -0.2) is 23.8 Å². The molecule has 1 unspecified atom stereocenters. The Morgan fingerprint density at radius 3 is 2.50 bits per heavy atom. The number of carbonyl (C=O) groups excluding carboxylic acids is 2. The number of nitrogens with one attached hydrogen (secondary N) is 1. The number of amides is 1. The summed E-state index contributed by atoms with van der Waals surface area (Å²) in [6.45, 7) is 5.37. The minimum Gasteiger partial charge on any atom is -0.497 e. The molecule has 1 aromatic rings. The molecule has 1 aliphatic carbocycles. The second kappa shape index (κ2) is 7.04. The van der Waals surface area contributed by atoms with Gasteiger partial charge in [-0.2, -0.15) is 5.26 Å². The van der Waals surface area contributed by atoms with Gasteiger partial charge in [-0.15, -0.1) is 0 Å². The average Bonchev–Trinajstić information content (AvgIpc) is 2.62. The molecule has 146 valence electrons. The van der Waals surface area contributed by atoms with E-state index in [0.717, 1.165) is 5.56 Å². The molecule has 1 heterocycles. The monoisotopic (exact) mass is 380 g/mol. The van der Waals surface area contributed by atoms with Gasteiger partial charge in [-0.25, -0.2) is 5.01 Å². The van der Waals surface area contributed by atoms with E-state index in [2.05, 4.69) is 11.5 Å². The molecule has 7 heteroatoms. The Kier molecular flexibility index (Phi) is 4.90. The van der Waals surface area contributed by atoms with Gasteiger partial charge in [0, 0.05) is 18.9 Å². The lowest BCUT2D eigenvalue weighted by molar-refractivity contribution is -0.123. The smallest absolute Gasteiger partial charge is 0.235 e. The maximum atomic E-state index is 13.2. The molecule has 1 atom stereocenters. The number of hydrazine groups is 1. The molecule has 0 spiro atoms. The van der Waals surface area contributed by atoms with E-state index in [0.29, 0.717) is 29.9 Å². The van der Waals surface area contributed by atoms with Crippen molar-refractivity contribution in [2.24, 2.45) is 11.1 Å². The number of allylic oxidation sites excluding steroid dienone is 3. The average molecular weight is 380 g/mol. The van der Waals surface area contributed by atoms with Crippen molar-refractivity contribution in [1.29, 1.82) is 5.26 Å². The SMILES string of the molecule is COc1ccc(C2C(C#N)=C(N)N(NC(C)=O)C3=C2C(=O)CC(C)(C)C3)cc1. The highest BCUT2D eigenvalue weighted by molar-refractivity contribution is 6.00. The quantitative estimate of drug-likeness (QED) is 0.834. The van der Waals surface area contributed by atoms with E-state index in [1.807, 2.05) is 26.0 Å². The fraction of sp³-hybridized carbons (Fsp3) is 0.381. The number of carbonyl (C=O) groups is 2. The third-order valence-electron chi connectivity index (χ3n) is 5.10.